The van der Waals surface area contributed by atoms with Crippen LogP contribution in [0.4, 0.5) is 0 Å². The van der Waals surface area contributed by atoms with Gasteiger partial charge >= 0.3 is 5.97 Å². The zero-order valence-electron chi connectivity index (χ0n) is 8.72. The van der Waals surface area contributed by atoms with E-state index in [0.717, 1.165) is 25.9 Å². The van der Waals surface area contributed by atoms with E-state index in [-0.39, 0.29) is 17.3 Å². The first kappa shape index (κ1) is 10.5. The van der Waals surface area contributed by atoms with Crippen molar-refractivity contribution in [2.24, 2.45) is 11.3 Å². The van der Waals surface area contributed by atoms with Crippen molar-refractivity contribution in [1.82, 2.24) is 5.32 Å². The van der Waals surface area contributed by atoms with Crippen molar-refractivity contribution >= 4 is 5.97 Å². The summed E-state index contributed by atoms with van der Waals surface area (Å²) in [5, 5.41) is 3.30. The van der Waals surface area contributed by atoms with E-state index in [4.69, 9.17) is 4.74 Å². The van der Waals surface area contributed by atoms with Crippen molar-refractivity contribution in [2.75, 3.05) is 20.2 Å². The molecule has 1 unspecified atom stereocenters. The van der Waals surface area contributed by atoms with Gasteiger partial charge < -0.3 is 10.1 Å². The van der Waals surface area contributed by atoms with Gasteiger partial charge in [0.05, 0.1) is 13.0 Å². The monoisotopic (exact) mass is 185 g/mol. The third kappa shape index (κ3) is 2.21. The summed E-state index contributed by atoms with van der Waals surface area (Å²) >= 11 is 0. The molecule has 1 aliphatic rings. The van der Waals surface area contributed by atoms with Gasteiger partial charge in [0.1, 0.15) is 0 Å². The van der Waals surface area contributed by atoms with E-state index in [1.54, 1.807) is 0 Å². The van der Waals surface area contributed by atoms with Gasteiger partial charge in [0.15, 0.2) is 0 Å². The predicted molar refractivity (Wildman–Crippen MR) is 51.4 cm³/mol. The lowest BCUT2D eigenvalue weighted by atomic mass is 9.71. The molecule has 1 fully saturated rings. The number of esters is 1. The summed E-state index contributed by atoms with van der Waals surface area (Å²) in [6.45, 7) is 6.17. The van der Waals surface area contributed by atoms with E-state index in [0.29, 0.717) is 0 Å². The molecule has 1 atom stereocenters. The Morgan fingerprint density at radius 2 is 2.00 bits per heavy atom. The van der Waals surface area contributed by atoms with Gasteiger partial charge in [-0.05, 0) is 31.3 Å². The Hall–Kier alpha value is -0.570. The van der Waals surface area contributed by atoms with Crippen LogP contribution >= 0.6 is 0 Å². The maximum Gasteiger partial charge on any atom is 0.308 e. The van der Waals surface area contributed by atoms with Crippen LogP contribution in [0.2, 0.25) is 0 Å². The van der Waals surface area contributed by atoms with Crippen LogP contribution in [0.3, 0.4) is 0 Å². The molecule has 0 aromatic rings. The van der Waals surface area contributed by atoms with Crippen molar-refractivity contribution in [3.63, 3.8) is 0 Å². The van der Waals surface area contributed by atoms with Gasteiger partial charge in [0, 0.05) is 0 Å². The van der Waals surface area contributed by atoms with Gasteiger partial charge in [0.25, 0.3) is 0 Å². The molecule has 0 aromatic heterocycles. The number of ether oxygens (including phenoxy) is 1. The Balaban J connectivity index is 2.61. The van der Waals surface area contributed by atoms with Gasteiger partial charge in [-0.25, -0.2) is 0 Å². The Bertz CT molecular complexity index is 185. The third-order valence-corrected chi connectivity index (χ3v) is 3.35. The van der Waals surface area contributed by atoms with E-state index >= 15 is 0 Å². The first-order chi connectivity index (χ1) is 6.10. The van der Waals surface area contributed by atoms with Crippen molar-refractivity contribution in [1.29, 1.82) is 0 Å². The fourth-order valence-corrected chi connectivity index (χ4v) is 1.89. The lowest BCUT2D eigenvalue weighted by Gasteiger charge is -2.37. The van der Waals surface area contributed by atoms with E-state index in [2.05, 4.69) is 12.2 Å². The smallest absolute Gasteiger partial charge is 0.308 e. The van der Waals surface area contributed by atoms with Crippen molar-refractivity contribution in [3.05, 3.63) is 0 Å². The van der Waals surface area contributed by atoms with Gasteiger partial charge in [-0.2, -0.15) is 0 Å². The standard InChI is InChI=1S/C10H19NO2/c1-8(9(12)13-3)10(2)4-6-11-7-5-10/h8,11H,4-7H2,1-3H3. The van der Waals surface area contributed by atoms with Gasteiger partial charge in [0.2, 0.25) is 0 Å². The van der Waals surface area contributed by atoms with Crippen molar-refractivity contribution in [2.45, 2.75) is 26.7 Å². The Morgan fingerprint density at radius 1 is 1.46 bits per heavy atom. The van der Waals surface area contributed by atoms with Crippen LogP contribution in [-0.4, -0.2) is 26.2 Å². The highest BCUT2D eigenvalue weighted by Crippen LogP contribution is 2.36. The summed E-state index contributed by atoms with van der Waals surface area (Å²) in [6, 6.07) is 0. The topological polar surface area (TPSA) is 38.3 Å². The second kappa shape index (κ2) is 4.09. The minimum atomic E-state index is -0.0793. The van der Waals surface area contributed by atoms with Gasteiger partial charge in [-0.3, -0.25) is 4.79 Å². The number of hydrogen-bond acceptors (Lipinski definition) is 3. The van der Waals surface area contributed by atoms with E-state index < -0.39 is 0 Å². The molecule has 13 heavy (non-hydrogen) atoms. The number of rotatable bonds is 2. The van der Waals surface area contributed by atoms with E-state index in [9.17, 15) is 4.79 Å². The summed E-state index contributed by atoms with van der Waals surface area (Å²) < 4.78 is 4.77. The molecular weight excluding hydrogens is 166 g/mol. The summed E-state index contributed by atoms with van der Waals surface area (Å²) in [4.78, 5) is 11.4. The highest BCUT2D eigenvalue weighted by Gasteiger charge is 2.37. The summed E-state index contributed by atoms with van der Waals surface area (Å²) in [7, 11) is 1.46. The normalized spacial score (nSPS) is 23.6. The zero-order valence-corrected chi connectivity index (χ0v) is 8.72. The second-order valence-electron chi connectivity index (χ2n) is 4.15. The summed E-state index contributed by atoms with van der Waals surface area (Å²) in [6.07, 6.45) is 2.12. The average Bonchev–Trinajstić information content (AvgIpc) is 2.16. The molecule has 1 N–H and O–H groups in total. The molecule has 0 aromatic carbocycles. The zero-order chi connectivity index (χ0) is 9.90. The molecule has 0 radical (unpaired) electrons. The number of methoxy groups -OCH3 is 1. The molecule has 3 nitrogen and oxygen atoms in total. The van der Waals surface area contributed by atoms with Gasteiger partial charge in [-0.1, -0.05) is 13.8 Å². The number of hydrogen-bond donors (Lipinski definition) is 1. The molecule has 0 spiro atoms. The third-order valence-electron chi connectivity index (χ3n) is 3.35. The molecular formula is C10H19NO2. The molecule has 76 valence electrons. The first-order valence-corrected chi connectivity index (χ1v) is 4.89. The second-order valence-corrected chi connectivity index (χ2v) is 4.15. The molecule has 3 heteroatoms. The molecule has 1 rings (SSSR count). The highest BCUT2D eigenvalue weighted by atomic mass is 16.5. The maximum absolute atomic E-state index is 11.4. The fraction of sp³-hybridized carbons (Fsp3) is 0.900. The molecule has 0 saturated carbocycles. The molecule has 1 aliphatic heterocycles. The Kier molecular flexibility index (Phi) is 3.31. The van der Waals surface area contributed by atoms with Crippen LogP contribution in [0.25, 0.3) is 0 Å². The molecule has 0 bridgehead atoms. The number of nitrogens with one attached hydrogen (secondary N) is 1. The molecule has 0 amide bonds. The van der Waals surface area contributed by atoms with E-state index in [1.165, 1.54) is 7.11 Å². The fourth-order valence-electron chi connectivity index (χ4n) is 1.89. The minimum Gasteiger partial charge on any atom is -0.469 e. The molecule has 1 heterocycles. The summed E-state index contributed by atoms with van der Waals surface area (Å²) in [5.74, 6) is -0.0657. The highest BCUT2D eigenvalue weighted by molar-refractivity contribution is 5.72. The predicted octanol–water partition coefficient (Wildman–Crippen LogP) is 1.19. The summed E-state index contributed by atoms with van der Waals surface area (Å²) in [5.41, 5.74) is 0.123. The Morgan fingerprint density at radius 3 is 2.46 bits per heavy atom. The first-order valence-electron chi connectivity index (χ1n) is 4.89. The Labute approximate surface area is 79.8 Å². The van der Waals surface area contributed by atoms with Crippen LogP contribution in [0.1, 0.15) is 26.7 Å². The minimum absolute atomic E-state index is 0.0135. The maximum atomic E-state index is 11.4. The SMILES string of the molecule is COC(=O)C(C)C1(C)CCNCC1. The van der Waals surface area contributed by atoms with Crippen molar-refractivity contribution < 1.29 is 9.53 Å². The molecule has 0 aliphatic carbocycles. The van der Waals surface area contributed by atoms with Gasteiger partial charge in [-0.15, -0.1) is 0 Å². The molecule has 1 saturated heterocycles. The lowest BCUT2D eigenvalue weighted by Crippen LogP contribution is -2.41. The van der Waals surface area contributed by atoms with Crippen LogP contribution in [-0.2, 0) is 9.53 Å². The van der Waals surface area contributed by atoms with Crippen LogP contribution in [0.5, 0.6) is 0 Å². The van der Waals surface area contributed by atoms with Crippen LogP contribution in [0, 0.1) is 11.3 Å². The van der Waals surface area contributed by atoms with Crippen molar-refractivity contribution in [3.8, 4) is 0 Å². The van der Waals surface area contributed by atoms with E-state index in [1.807, 2.05) is 6.92 Å². The number of carbonyl (C=O) groups excluding carboxylic acids is 1. The number of carbonyl (C=O) groups is 1. The largest absolute Gasteiger partial charge is 0.469 e. The quantitative estimate of drug-likeness (QED) is 0.657. The van der Waals surface area contributed by atoms with Crippen LogP contribution in [0.15, 0.2) is 0 Å². The lowest BCUT2D eigenvalue weighted by molar-refractivity contribution is -0.149. The average molecular weight is 185 g/mol. The van der Waals surface area contributed by atoms with Crippen LogP contribution < -0.4 is 5.32 Å². The number of piperidine rings is 1.